The minimum absolute atomic E-state index is 0.327. The van der Waals surface area contributed by atoms with Crippen molar-refractivity contribution in [2.75, 3.05) is 0 Å². The average molecular weight is 254 g/mol. The van der Waals surface area contributed by atoms with Crippen molar-refractivity contribution in [2.24, 2.45) is 0 Å². The molecule has 0 aliphatic rings. The predicted octanol–water partition coefficient (Wildman–Crippen LogP) is 4.88. The van der Waals surface area contributed by atoms with E-state index >= 15 is 0 Å². The fraction of sp³-hybridized carbons (Fsp3) is 0. The Kier molecular flexibility index (Phi) is 3.02. The molecule has 0 spiro atoms. The van der Waals surface area contributed by atoms with Gasteiger partial charge in [0.1, 0.15) is 23.1 Å². The first-order valence-electron chi connectivity index (χ1n) is 5.89. The van der Waals surface area contributed by atoms with Crippen molar-refractivity contribution in [3.63, 3.8) is 0 Å². The first-order valence-corrected chi connectivity index (χ1v) is 5.89. The number of ether oxygens (including phenoxy) is 1. The Morgan fingerprint density at radius 2 is 1.74 bits per heavy atom. The molecule has 94 valence electrons. The van der Waals surface area contributed by atoms with Crippen LogP contribution in [0.4, 0.5) is 4.39 Å². The molecule has 1 aromatic heterocycles. The molecule has 0 aliphatic carbocycles. The number of benzene rings is 2. The Labute approximate surface area is 110 Å². The van der Waals surface area contributed by atoms with Crippen molar-refractivity contribution >= 4 is 0 Å². The lowest BCUT2D eigenvalue weighted by molar-refractivity contribution is 0.478. The number of para-hydroxylation sites is 1. The van der Waals surface area contributed by atoms with Gasteiger partial charge in [0, 0.05) is 0 Å². The summed E-state index contributed by atoms with van der Waals surface area (Å²) in [7, 11) is 0. The molecule has 1 heterocycles. The molecule has 3 heteroatoms. The molecule has 2 nitrogen and oxygen atoms in total. The summed E-state index contributed by atoms with van der Waals surface area (Å²) in [4.78, 5) is 0. The van der Waals surface area contributed by atoms with Crippen LogP contribution < -0.4 is 4.74 Å². The van der Waals surface area contributed by atoms with Crippen molar-refractivity contribution in [3.8, 4) is 22.8 Å². The van der Waals surface area contributed by atoms with Crippen LogP contribution in [0.5, 0.6) is 11.5 Å². The van der Waals surface area contributed by atoms with Gasteiger partial charge in [0.2, 0.25) is 0 Å². The second-order valence-corrected chi connectivity index (χ2v) is 4.03. The van der Waals surface area contributed by atoms with Crippen LogP contribution in [-0.2, 0) is 0 Å². The summed E-state index contributed by atoms with van der Waals surface area (Å²) in [5, 5.41) is 0. The van der Waals surface area contributed by atoms with Gasteiger partial charge >= 0.3 is 0 Å². The third-order valence-electron chi connectivity index (χ3n) is 2.70. The van der Waals surface area contributed by atoms with E-state index in [-0.39, 0.29) is 5.82 Å². The summed E-state index contributed by atoms with van der Waals surface area (Å²) in [5.41, 5.74) is 0.592. The lowest BCUT2D eigenvalue weighted by Crippen LogP contribution is -1.88. The van der Waals surface area contributed by atoms with Gasteiger partial charge in [-0.25, -0.2) is 4.39 Å². The van der Waals surface area contributed by atoms with Gasteiger partial charge < -0.3 is 9.15 Å². The Hall–Kier alpha value is -2.55. The van der Waals surface area contributed by atoms with E-state index in [0.717, 1.165) is 0 Å². The largest absolute Gasteiger partial charge is 0.464 e. The van der Waals surface area contributed by atoms with E-state index < -0.39 is 0 Å². The first-order chi connectivity index (χ1) is 9.33. The van der Waals surface area contributed by atoms with Crippen LogP contribution >= 0.6 is 0 Å². The molecule has 3 rings (SSSR count). The van der Waals surface area contributed by atoms with Gasteiger partial charge in [-0.2, -0.15) is 0 Å². The maximum absolute atomic E-state index is 13.4. The number of halogens is 1. The van der Waals surface area contributed by atoms with E-state index in [2.05, 4.69) is 0 Å². The van der Waals surface area contributed by atoms with Crippen molar-refractivity contribution in [1.82, 2.24) is 0 Å². The fourth-order valence-corrected chi connectivity index (χ4v) is 1.83. The molecule has 0 aliphatic heterocycles. The zero-order chi connectivity index (χ0) is 13.1. The first kappa shape index (κ1) is 11.5. The highest BCUT2D eigenvalue weighted by molar-refractivity contribution is 5.66. The summed E-state index contributed by atoms with van der Waals surface area (Å²) in [5.74, 6) is 1.50. The molecule has 2 aromatic carbocycles. The SMILES string of the molecule is Fc1ccc(Oc2ccccc2)c(-c2ccco2)c1. The summed E-state index contributed by atoms with van der Waals surface area (Å²) in [6, 6.07) is 17.2. The van der Waals surface area contributed by atoms with Crippen molar-refractivity contribution in [2.45, 2.75) is 0 Å². The topological polar surface area (TPSA) is 22.4 Å². The summed E-state index contributed by atoms with van der Waals surface area (Å²) in [6.07, 6.45) is 1.55. The van der Waals surface area contributed by atoms with Gasteiger partial charge in [-0.3, -0.25) is 0 Å². The van der Waals surface area contributed by atoms with E-state index in [9.17, 15) is 4.39 Å². The molecule has 0 atom stereocenters. The minimum atomic E-state index is -0.327. The zero-order valence-corrected chi connectivity index (χ0v) is 10.0. The third-order valence-corrected chi connectivity index (χ3v) is 2.70. The quantitative estimate of drug-likeness (QED) is 0.664. The van der Waals surface area contributed by atoms with E-state index in [1.165, 1.54) is 12.1 Å². The highest BCUT2D eigenvalue weighted by atomic mass is 19.1. The molecular weight excluding hydrogens is 243 g/mol. The van der Waals surface area contributed by atoms with Crippen LogP contribution in [0, 0.1) is 5.82 Å². The smallest absolute Gasteiger partial charge is 0.138 e. The molecule has 0 unspecified atom stereocenters. The van der Waals surface area contributed by atoms with Crippen LogP contribution in [0.2, 0.25) is 0 Å². The van der Waals surface area contributed by atoms with E-state index in [4.69, 9.17) is 9.15 Å². The molecule has 0 bridgehead atoms. The Morgan fingerprint density at radius 3 is 2.47 bits per heavy atom. The van der Waals surface area contributed by atoms with Crippen molar-refractivity contribution in [1.29, 1.82) is 0 Å². The number of hydrogen-bond donors (Lipinski definition) is 0. The van der Waals surface area contributed by atoms with Gasteiger partial charge in [0.05, 0.1) is 11.8 Å². The minimum Gasteiger partial charge on any atom is -0.464 e. The Balaban J connectivity index is 2.02. The van der Waals surface area contributed by atoms with Crippen LogP contribution in [0.25, 0.3) is 11.3 Å². The van der Waals surface area contributed by atoms with Gasteiger partial charge in [-0.15, -0.1) is 0 Å². The molecule has 0 saturated carbocycles. The number of hydrogen-bond acceptors (Lipinski definition) is 2. The molecule has 0 saturated heterocycles. The highest BCUT2D eigenvalue weighted by Crippen LogP contribution is 2.34. The fourth-order valence-electron chi connectivity index (χ4n) is 1.83. The van der Waals surface area contributed by atoms with Crippen molar-refractivity contribution < 1.29 is 13.5 Å². The standard InChI is InChI=1S/C16H11FO2/c17-12-8-9-16(19-13-5-2-1-3-6-13)14(11-12)15-7-4-10-18-15/h1-11H. The van der Waals surface area contributed by atoms with Gasteiger partial charge in [0.15, 0.2) is 0 Å². The third kappa shape index (κ3) is 2.50. The van der Waals surface area contributed by atoms with Gasteiger partial charge in [-0.05, 0) is 42.5 Å². The normalized spacial score (nSPS) is 10.4. The highest BCUT2D eigenvalue weighted by Gasteiger charge is 2.11. The zero-order valence-electron chi connectivity index (χ0n) is 10.0. The average Bonchev–Trinajstić information content (AvgIpc) is 2.96. The molecule has 3 aromatic rings. The lowest BCUT2D eigenvalue weighted by Gasteiger charge is -2.09. The van der Waals surface area contributed by atoms with Crippen LogP contribution in [0.15, 0.2) is 71.3 Å². The molecule has 0 fully saturated rings. The molecule has 0 N–H and O–H groups in total. The van der Waals surface area contributed by atoms with E-state index in [1.807, 2.05) is 30.3 Å². The Morgan fingerprint density at radius 1 is 0.895 bits per heavy atom. The maximum atomic E-state index is 13.4. The number of rotatable bonds is 3. The lowest BCUT2D eigenvalue weighted by atomic mass is 10.1. The summed E-state index contributed by atoms with van der Waals surface area (Å²) >= 11 is 0. The molecular formula is C16H11FO2. The molecule has 0 amide bonds. The maximum Gasteiger partial charge on any atom is 0.138 e. The monoisotopic (exact) mass is 254 g/mol. The molecule has 0 radical (unpaired) electrons. The summed E-state index contributed by atoms with van der Waals surface area (Å²) in [6.45, 7) is 0. The Bertz CT molecular complexity index is 660. The van der Waals surface area contributed by atoms with Crippen molar-refractivity contribution in [3.05, 3.63) is 72.7 Å². The molecule has 19 heavy (non-hydrogen) atoms. The van der Waals surface area contributed by atoms with Crippen LogP contribution in [0.1, 0.15) is 0 Å². The van der Waals surface area contributed by atoms with E-state index in [0.29, 0.717) is 22.8 Å². The second kappa shape index (κ2) is 4.98. The number of furan rings is 1. The van der Waals surface area contributed by atoms with Crippen LogP contribution in [0.3, 0.4) is 0 Å². The summed E-state index contributed by atoms with van der Waals surface area (Å²) < 4.78 is 24.4. The second-order valence-electron chi connectivity index (χ2n) is 4.03. The predicted molar refractivity (Wildman–Crippen MR) is 70.6 cm³/mol. The van der Waals surface area contributed by atoms with E-state index in [1.54, 1.807) is 24.5 Å². The van der Waals surface area contributed by atoms with Gasteiger partial charge in [0.25, 0.3) is 0 Å². The van der Waals surface area contributed by atoms with Gasteiger partial charge in [-0.1, -0.05) is 18.2 Å². The van der Waals surface area contributed by atoms with Crippen LogP contribution in [-0.4, -0.2) is 0 Å².